The van der Waals surface area contributed by atoms with Crippen molar-refractivity contribution >= 4 is 17.5 Å². The topological polar surface area (TPSA) is 86.9 Å². The largest absolute Gasteiger partial charge is 0.340 e. The zero-order chi connectivity index (χ0) is 18.1. The molecule has 0 spiro atoms. The van der Waals surface area contributed by atoms with Gasteiger partial charge in [0.25, 0.3) is 5.91 Å². The summed E-state index contributed by atoms with van der Waals surface area (Å²) in [5.74, 6) is -0.429. The van der Waals surface area contributed by atoms with Crippen molar-refractivity contribution in [3.63, 3.8) is 0 Å². The van der Waals surface area contributed by atoms with Crippen molar-refractivity contribution in [1.29, 1.82) is 0 Å². The molecule has 26 heavy (non-hydrogen) atoms. The van der Waals surface area contributed by atoms with Crippen LogP contribution in [-0.2, 0) is 11.2 Å². The van der Waals surface area contributed by atoms with Gasteiger partial charge in [-0.05, 0) is 41.8 Å². The summed E-state index contributed by atoms with van der Waals surface area (Å²) in [6.07, 6.45) is 4.07. The fourth-order valence-electron chi connectivity index (χ4n) is 3.28. The maximum Gasteiger partial charge on any atom is 0.252 e. The molecule has 1 aliphatic heterocycles. The zero-order valence-corrected chi connectivity index (χ0v) is 14.2. The van der Waals surface area contributed by atoms with E-state index in [9.17, 15) is 9.59 Å². The third kappa shape index (κ3) is 2.97. The van der Waals surface area contributed by atoms with E-state index in [-0.39, 0.29) is 11.8 Å². The summed E-state index contributed by atoms with van der Waals surface area (Å²) in [4.78, 5) is 24.8. The van der Waals surface area contributed by atoms with E-state index in [1.807, 2.05) is 49.5 Å². The van der Waals surface area contributed by atoms with Crippen LogP contribution in [0.3, 0.4) is 0 Å². The molecule has 1 atom stereocenters. The molecule has 3 aromatic rings. The summed E-state index contributed by atoms with van der Waals surface area (Å²) in [6.45, 7) is 1.98. The first-order valence-electron chi connectivity index (χ1n) is 8.41. The minimum atomic E-state index is -0.578. The Labute approximate surface area is 150 Å². The molecule has 0 saturated heterocycles. The number of rotatable bonds is 3. The molecule has 3 N–H and O–H groups in total. The molecule has 2 aromatic carbocycles. The Bertz CT molecular complexity index is 979. The van der Waals surface area contributed by atoms with Crippen LogP contribution in [0, 0.1) is 6.92 Å². The SMILES string of the molecule is Cc1cc(NC(=O)[C@H]2Cc3ccccc3C(=O)N2)ccc1-c1cn[nH]c1. The molecule has 1 aromatic heterocycles. The number of amides is 2. The van der Waals surface area contributed by atoms with Crippen molar-refractivity contribution in [2.75, 3.05) is 5.32 Å². The first-order valence-corrected chi connectivity index (χ1v) is 8.41. The van der Waals surface area contributed by atoms with Gasteiger partial charge >= 0.3 is 0 Å². The second kappa shape index (κ2) is 6.48. The standard InChI is InChI=1S/C20H18N4O2/c1-12-8-15(6-7-16(12)14-10-21-22-11-14)23-20(26)18-9-13-4-2-3-5-17(13)19(25)24-18/h2-8,10-11,18H,9H2,1H3,(H,21,22)(H,23,26)(H,24,25)/t18-/m1/s1. The number of hydrogen-bond acceptors (Lipinski definition) is 3. The van der Waals surface area contributed by atoms with E-state index >= 15 is 0 Å². The van der Waals surface area contributed by atoms with Gasteiger partial charge in [-0.2, -0.15) is 5.10 Å². The van der Waals surface area contributed by atoms with Crippen LogP contribution in [-0.4, -0.2) is 28.1 Å². The summed E-state index contributed by atoms with van der Waals surface area (Å²) in [7, 11) is 0. The Morgan fingerprint density at radius 1 is 1.19 bits per heavy atom. The smallest absolute Gasteiger partial charge is 0.252 e. The van der Waals surface area contributed by atoms with Crippen LogP contribution in [0.5, 0.6) is 0 Å². The third-order valence-electron chi connectivity index (χ3n) is 4.61. The monoisotopic (exact) mass is 346 g/mol. The molecular weight excluding hydrogens is 328 g/mol. The summed E-state index contributed by atoms with van der Waals surface area (Å²) in [6, 6.07) is 12.5. The Hall–Kier alpha value is -3.41. The van der Waals surface area contributed by atoms with Gasteiger partial charge < -0.3 is 10.6 Å². The lowest BCUT2D eigenvalue weighted by atomic mass is 9.95. The minimum Gasteiger partial charge on any atom is -0.340 e. The van der Waals surface area contributed by atoms with E-state index in [1.54, 1.807) is 12.3 Å². The molecule has 6 heteroatoms. The van der Waals surface area contributed by atoms with E-state index in [0.717, 1.165) is 22.3 Å². The second-order valence-electron chi connectivity index (χ2n) is 6.39. The highest BCUT2D eigenvalue weighted by Crippen LogP contribution is 2.25. The lowest BCUT2D eigenvalue weighted by Crippen LogP contribution is -2.48. The predicted octanol–water partition coefficient (Wildman–Crippen LogP) is 2.68. The van der Waals surface area contributed by atoms with Gasteiger partial charge in [-0.15, -0.1) is 0 Å². The van der Waals surface area contributed by atoms with Gasteiger partial charge in [0, 0.05) is 29.4 Å². The third-order valence-corrected chi connectivity index (χ3v) is 4.61. The predicted molar refractivity (Wildman–Crippen MR) is 98.8 cm³/mol. The number of hydrogen-bond donors (Lipinski definition) is 3. The molecule has 0 saturated carbocycles. The van der Waals surface area contributed by atoms with Crippen LogP contribution in [0.15, 0.2) is 54.9 Å². The molecule has 0 aliphatic carbocycles. The molecule has 130 valence electrons. The molecule has 4 rings (SSSR count). The fourth-order valence-corrected chi connectivity index (χ4v) is 3.28. The number of nitrogens with one attached hydrogen (secondary N) is 3. The average molecular weight is 346 g/mol. The van der Waals surface area contributed by atoms with E-state index in [2.05, 4.69) is 20.8 Å². The quantitative estimate of drug-likeness (QED) is 0.681. The van der Waals surface area contributed by atoms with Crippen LogP contribution in [0.1, 0.15) is 21.5 Å². The number of aromatic amines is 1. The normalized spacial score (nSPS) is 15.9. The van der Waals surface area contributed by atoms with Gasteiger partial charge in [0.1, 0.15) is 6.04 Å². The zero-order valence-electron chi connectivity index (χ0n) is 14.2. The van der Waals surface area contributed by atoms with Gasteiger partial charge in [-0.1, -0.05) is 24.3 Å². The Morgan fingerprint density at radius 2 is 2.04 bits per heavy atom. The molecule has 0 bridgehead atoms. The molecule has 0 radical (unpaired) electrons. The van der Waals surface area contributed by atoms with Gasteiger partial charge in [0.2, 0.25) is 5.91 Å². The van der Waals surface area contributed by atoms with Gasteiger partial charge in [0.15, 0.2) is 0 Å². The average Bonchev–Trinajstić information content (AvgIpc) is 3.16. The van der Waals surface area contributed by atoms with Crippen LogP contribution >= 0.6 is 0 Å². The maximum absolute atomic E-state index is 12.6. The van der Waals surface area contributed by atoms with Gasteiger partial charge in [-0.25, -0.2) is 0 Å². The number of carbonyl (C=O) groups is 2. The second-order valence-corrected chi connectivity index (χ2v) is 6.39. The summed E-state index contributed by atoms with van der Waals surface area (Å²) in [5, 5.41) is 12.4. The molecule has 6 nitrogen and oxygen atoms in total. The molecule has 1 aliphatic rings. The molecule has 0 fully saturated rings. The molecule has 0 unspecified atom stereocenters. The van der Waals surface area contributed by atoms with E-state index in [1.165, 1.54) is 0 Å². The highest BCUT2D eigenvalue weighted by Gasteiger charge is 2.28. The fraction of sp³-hybridized carbons (Fsp3) is 0.150. The Balaban J connectivity index is 1.50. The van der Waals surface area contributed by atoms with E-state index in [4.69, 9.17) is 0 Å². The number of nitrogens with zero attached hydrogens (tertiary/aromatic N) is 1. The van der Waals surface area contributed by atoms with Crippen LogP contribution in [0.4, 0.5) is 5.69 Å². The first-order chi connectivity index (χ1) is 12.6. The Kier molecular flexibility index (Phi) is 4.01. The van der Waals surface area contributed by atoms with Crippen molar-refractivity contribution in [3.05, 3.63) is 71.5 Å². The van der Waals surface area contributed by atoms with Gasteiger partial charge in [-0.3, -0.25) is 14.7 Å². The lowest BCUT2D eigenvalue weighted by molar-refractivity contribution is -0.118. The number of fused-ring (bicyclic) bond motifs is 1. The minimum absolute atomic E-state index is 0.210. The highest BCUT2D eigenvalue weighted by molar-refractivity contribution is 6.04. The maximum atomic E-state index is 12.6. The Morgan fingerprint density at radius 3 is 2.81 bits per heavy atom. The highest BCUT2D eigenvalue weighted by atomic mass is 16.2. The molecule has 2 heterocycles. The van der Waals surface area contributed by atoms with E-state index in [0.29, 0.717) is 17.7 Å². The van der Waals surface area contributed by atoms with Crippen LogP contribution in [0.25, 0.3) is 11.1 Å². The lowest BCUT2D eigenvalue weighted by Gasteiger charge is -2.24. The number of aryl methyl sites for hydroxylation is 1. The van der Waals surface area contributed by atoms with Crippen LogP contribution in [0.2, 0.25) is 0 Å². The summed E-state index contributed by atoms with van der Waals surface area (Å²) in [5.41, 5.74) is 5.31. The van der Waals surface area contributed by atoms with Crippen molar-refractivity contribution < 1.29 is 9.59 Å². The number of aromatic nitrogens is 2. The van der Waals surface area contributed by atoms with Crippen molar-refractivity contribution in [1.82, 2.24) is 15.5 Å². The first kappa shape index (κ1) is 16.1. The number of anilines is 1. The van der Waals surface area contributed by atoms with Crippen LogP contribution < -0.4 is 10.6 Å². The number of H-pyrrole nitrogens is 1. The van der Waals surface area contributed by atoms with Gasteiger partial charge in [0.05, 0.1) is 6.20 Å². The van der Waals surface area contributed by atoms with Crippen molar-refractivity contribution in [3.8, 4) is 11.1 Å². The summed E-state index contributed by atoms with van der Waals surface area (Å²) < 4.78 is 0. The number of carbonyl (C=O) groups excluding carboxylic acids is 2. The number of benzene rings is 2. The van der Waals surface area contributed by atoms with Crippen molar-refractivity contribution in [2.45, 2.75) is 19.4 Å². The molecule has 2 amide bonds. The summed E-state index contributed by atoms with van der Waals surface area (Å²) >= 11 is 0. The van der Waals surface area contributed by atoms with Crippen molar-refractivity contribution in [2.24, 2.45) is 0 Å². The van der Waals surface area contributed by atoms with E-state index < -0.39 is 6.04 Å². The molecular formula is C20H18N4O2.